The second-order valence-corrected chi connectivity index (χ2v) is 4.07. The van der Waals surface area contributed by atoms with Gasteiger partial charge in [0.2, 0.25) is 0 Å². The zero-order chi connectivity index (χ0) is 11.5. The smallest absolute Gasteiger partial charge is 0.405 e. The minimum atomic E-state index is -0.962. The van der Waals surface area contributed by atoms with E-state index in [1.54, 1.807) is 0 Å². The fraction of sp³-hybridized carbons (Fsp3) is 0.417. The summed E-state index contributed by atoms with van der Waals surface area (Å²) in [5.74, 6) is 0. The van der Waals surface area contributed by atoms with Crippen LogP contribution in [-0.4, -0.2) is 17.2 Å². The number of benzene rings is 1. The number of hydrogen-bond donors (Lipinski definition) is 3. The van der Waals surface area contributed by atoms with Crippen LogP contribution < -0.4 is 10.6 Å². The van der Waals surface area contributed by atoms with Crippen molar-refractivity contribution in [1.29, 1.82) is 0 Å². The number of hydrogen-bond acceptors (Lipinski definition) is 2. The Kier molecular flexibility index (Phi) is 2.99. The van der Waals surface area contributed by atoms with Crippen LogP contribution in [0.5, 0.6) is 0 Å². The summed E-state index contributed by atoms with van der Waals surface area (Å²) in [5, 5.41) is 14.8. The lowest BCUT2D eigenvalue weighted by atomic mass is 9.92. The molecule has 86 valence electrons. The van der Waals surface area contributed by atoms with Crippen molar-refractivity contribution in [2.75, 3.05) is 5.32 Å². The minimum absolute atomic E-state index is 0.0973. The third kappa shape index (κ3) is 2.10. The van der Waals surface area contributed by atoms with E-state index < -0.39 is 6.09 Å². The van der Waals surface area contributed by atoms with Crippen molar-refractivity contribution < 1.29 is 9.90 Å². The molecule has 0 saturated heterocycles. The van der Waals surface area contributed by atoms with Crippen LogP contribution >= 0.6 is 0 Å². The summed E-state index contributed by atoms with van der Waals surface area (Å²) in [6.45, 7) is 2.10. The Morgan fingerprint density at radius 1 is 1.56 bits per heavy atom. The molecular formula is C12H16N2O2. The Morgan fingerprint density at radius 2 is 2.31 bits per heavy atom. The summed E-state index contributed by atoms with van der Waals surface area (Å²) >= 11 is 0. The molecule has 0 fully saturated rings. The van der Waals surface area contributed by atoms with Crippen LogP contribution in [0, 0.1) is 0 Å². The number of anilines is 1. The third-order valence-corrected chi connectivity index (χ3v) is 3.01. The van der Waals surface area contributed by atoms with Gasteiger partial charge in [-0.3, -0.25) is 0 Å². The van der Waals surface area contributed by atoms with Crippen molar-refractivity contribution in [3.63, 3.8) is 0 Å². The first-order valence-electron chi connectivity index (χ1n) is 5.55. The van der Waals surface area contributed by atoms with Gasteiger partial charge in [-0.1, -0.05) is 25.1 Å². The molecule has 1 aromatic carbocycles. The van der Waals surface area contributed by atoms with Crippen molar-refractivity contribution in [2.45, 2.75) is 31.8 Å². The molecule has 4 heteroatoms. The van der Waals surface area contributed by atoms with E-state index in [1.807, 2.05) is 24.3 Å². The lowest BCUT2D eigenvalue weighted by molar-refractivity contribution is 0.188. The van der Waals surface area contributed by atoms with Gasteiger partial charge < -0.3 is 15.7 Å². The molecule has 1 amide bonds. The highest BCUT2D eigenvalue weighted by Gasteiger charge is 2.26. The molecule has 1 aromatic rings. The molecule has 0 bridgehead atoms. The molecular weight excluding hydrogens is 204 g/mol. The van der Waals surface area contributed by atoms with E-state index in [9.17, 15) is 4.79 Å². The third-order valence-electron chi connectivity index (χ3n) is 3.01. The molecule has 0 radical (unpaired) electrons. The van der Waals surface area contributed by atoms with Gasteiger partial charge in [-0.05, 0) is 24.5 Å². The van der Waals surface area contributed by atoms with E-state index in [1.165, 1.54) is 0 Å². The normalized spacial score (nSPS) is 23.1. The quantitative estimate of drug-likeness (QED) is 0.718. The van der Waals surface area contributed by atoms with E-state index in [4.69, 9.17) is 5.11 Å². The topological polar surface area (TPSA) is 61.4 Å². The predicted molar refractivity (Wildman–Crippen MR) is 62.7 cm³/mol. The molecule has 0 aliphatic carbocycles. The van der Waals surface area contributed by atoms with Gasteiger partial charge in [-0.2, -0.15) is 0 Å². The Hall–Kier alpha value is -1.71. The van der Waals surface area contributed by atoms with Gasteiger partial charge in [-0.15, -0.1) is 0 Å². The number of amides is 1. The molecule has 1 heterocycles. The molecule has 4 nitrogen and oxygen atoms in total. The predicted octanol–water partition coefficient (Wildman–Crippen LogP) is 2.59. The maximum absolute atomic E-state index is 10.7. The van der Waals surface area contributed by atoms with Gasteiger partial charge in [0.15, 0.2) is 0 Å². The zero-order valence-corrected chi connectivity index (χ0v) is 9.23. The summed E-state index contributed by atoms with van der Waals surface area (Å²) in [4.78, 5) is 10.7. The molecule has 0 saturated carbocycles. The van der Waals surface area contributed by atoms with Crippen molar-refractivity contribution in [3.8, 4) is 0 Å². The van der Waals surface area contributed by atoms with Crippen LogP contribution in [0.1, 0.15) is 31.4 Å². The van der Waals surface area contributed by atoms with E-state index in [-0.39, 0.29) is 6.04 Å². The van der Waals surface area contributed by atoms with E-state index >= 15 is 0 Å². The van der Waals surface area contributed by atoms with Gasteiger partial charge >= 0.3 is 6.09 Å². The van der Waals surface area contributed by atoms with Gasteiger partial charge in [-0.25, -0.2) is 4.79 Å². The van der Waals surface area contributed by atoms with Crippen LogP contribution in [0.15, 0.2) is 24.3 Å². The number of rotatable bonds is 2. The number of para-hydroxylation sites is 1. The van der Waals surface area contributed by atoms with Crippen molar-refractivity contribution in [3.05, 3.63) is 29.8 Å². The molecule has 2 rings (SSSR count). The van der Waals surface area contributed by atoms with Crippen LogP contribution in [0.4, 0.5) is 10.5 Å². The molecule has 16 heavy (non-hydrogen) atoms. The maximum Gasteiger partial charge on any atom is 0.405 e. The van der Waals surface area contributed by atoms with E-state index in [0.29, 0.717) is 6.04 Å². The standard InChI is InChI=1S/C12H16N2O2/c1-2-8-7-11(14-12(15)16)9-5-3-4-6-10(9)13-8/h3-6,8,11,13-14H,2,7H2,1H3,(H,15,16). The summed E-state index contributed by atoms with van der Waals surface area (Å²) in [6.07, 6.45) is 0.836. The first kappa shape index (κ1) is 10.8. The molecule has 3 N–H and O–H groups in total. The highest BCUT2D eigenvalue weighted by Crippen LogP contribution is 2.33. The largest absolute Gasteiger partial charge is 0.465 e. The van der Waals surface area contributed by atoms with E-state index in [0.717, 1.165) is 24.1 Å². The second-order valence-electron chi connectivity index (χ2n) is 4.07. The monoisotopic (exact) mass is 220 g/mol. The van der Waals surface area contributed by atoms with Crippen LogP contribution in [-0.2, 0) is 0 Å². The Labute approximate surface area is 94.7 Å². The average molecular weight is 220 g/mol. The summed E-state index contributed by atoms with van der Waals surface area (Å²) in [5.41, 5.74) is 2.08. The summed E-state index contributed by atoms with van der Waals surface area (Å²) < 4.78 is 0. The molecule has 1 aliphatic heterocycles. The summed E-state index contributed by atoms with van der Waals surface area (Å²) in [7, 11) is 0. The average Bonchev–Trinajstić information content (AvgIpc) is 2.28. The molecule has 2 unspecified atom stereocenters. The van der Waals surface area contributed by atoms with Gasteiger partial charge in [0.25, 0.3) is 0 Å². The number of carbonyl (C=O) groups is 1. The van der Waals surface area contributed by atoms with Crippen molar-refractivity contribution >= 4 is 11.8 Å². The van der Waals surface area contributed by atoms with Crippen molar-refractivity contribution in [1.82, 2.24) is 5.32 Å². The number of carboxylic acid groups (broad SMARTS) is 1. The molecule has 1 aliphatic rings. The van der Waals surface area contributed by atoms with Crippen molar-refractivity contribution in [2.24, 2.45) is 0 Å². The number of nitrogens with one attached hydrogen (secondary N) is 2. The Morgan fingerprint density at radius 3 is 3.00 bits per heavy atom. The van der Waals surface area contributed by atoms with Gasteiger partial charge in [0.05, 0.1) is 6.04 Å². The second kappa shape index (κ2) is 4.43. The van der Waals surface area contributed by atoms with Gasteiger partial charge in [0.1, 0.15) is 0 Å². The lowest BCUT2D eigenvalue weighted by Gasteiger charge is -2.32. The molecule has 0 aromatic heterocycles. The Balaban J connectivity index is 2.27. The van der Waals surface area contributed by atoms with Crippen LogP contribution in [0.3, 0.4) is 0 Å². The SMILES string of the molecule is CCC1CC(NC(=O)O)c2ccccc2N1. The summed E-state index contributed by atoms with van der Waals surface area (Å²) in [6, 6.07) is 8.10. The van der Waals surface area contributed by atoms with Crippen LogP contribution in [0.2, 0.25) is 0 Å². The fourth-order valence-corrected chi connectivity index (χ4v) is 2.18. The highest BCUT2D eigenvalue weighted by atomic mass is 16.4. The minimum Gasteiger partial charge on any atom is -0.465 e. The molecule has 0 spiro atoms. The Bertz CT molecular complexity index is 392. The maximum atomic E-state index is 10.7. The highest BCUT2D eigenvalue weighted by molar-refractivity contribution is 5.67. The lowest BCUT2D eigenvalue weighted by Crippen LogP contribution is -2.36. The number of fused-ring (bicyclic) bond motifs is 1. The first-order chi connectivity index (χ1) is 7.70. The van der Waals surface area contributed by atoms with Crippen LogP contribution in [0.25, 0.3) is 0 Å². The molecule has 2 atom stereocenters. The fourth-order valence-electron chi connectivity index (χ4n) is 2.18. The van der Waals surface area contributed by atoms with Gasteiger partial charge in [0, 0.05) is 11.7 Å². The zero-order valence-electron chi connectivity index (χ0n) is 9.23. The first-order valence-corrected chi connectivity index (χ1v) is 5.55. The van der Waals surface area contributed by atoms with E-state index in [2.05, 4.69) is 17.6 Å².